The number of hydrogen-bond acceptors (Lipinski definition) is 6. The summed E-state index contributed by atoms with van der Waals surface area (Å²) in [7, 11) is 1.15. The van der Waals surface area contributed by atoms with Gasteiger partial charge >= 0.3 is 12.4 Å². The standard InChI is InChI=1S/C17H9F6N7S/c1-6-3-8(16(18,19)20)25-15-10(6)11-12(31-15)14-26-13(28-30(14)5-24-11)7-4-9(17(21,22)23)29(2)27-7/h3-5H,1-2H3. The number of rotatable bonds is 1. The van der Waals surface area contributed by atoms with Crippen LogP contribution in [0.1, 0.15) is 17.0 Å². The second-order valence-electron chi connectivity index (χ2n) is 6.77. The van der Waals surface area contributed by atoms with Gasteiger partial charge in [-0.15, -0.1) is 16.4 Å². The largest absolute Gasteiger partial charge is 0.433 e. The van der Waals surface area contributed by atoms with Crippen LogP contribution in [0.4, 0.5) is 26.3 Å². The number of halogens is 6. The molecule has 0 fully saturated rings. The Hall–Kier alpha value is -3.29. The first-order valence-electron chi connectivity index (χ1n) is 8.57. The van der Waals surface area contributed by atoms with Crippen molar-refractivity contribution < 1.29 is 26.3 Å². The fourth-order valence-corrected chi connectivity index (χ4v) is 4.48. The first-order chi connectivity index (χ1) is 14.4. The number of aromatic nitrogens is 7. The van der Waals surface area contributed by atoms with Gasteiger partial charge in [0.25, 0.3) is 0 Å². The van der Waals surface area contributed by atoms with Gasteiger partial charge in [0, 0.05) is 12.4 Å². The lowest BCUT2D eigenvalue weighted by Gasteiger charge is -2.06. The molecule has 0 saturated heterocycles. The van der Waals surface area contributed by atoms with Crippen LogP contribution in [0.2, 0.25) is 0 Å². The minimum absolute atomic E-state index is 0.0708. The number of alkyl halides is 6. The zero-order chi connectivity index (χ0) is 22.3. The first kappa shape index (κ1) is 19.7. The molecule has 5 rings (SSSR count). The van der Waals surface area contributed by atoms with Gasteiger partial charge in [-0.25, -0.2) is 19.5 Å². The highest BCUT2D eigenvalue weighted by Gasteiger charge is 2.36. The molecule has 31 heavy (non-hydrogen) atoms. The Kier molecular flexibility index (Phi) is 3.88. The smallest absolute Gasteiger partial charge is 0.263 e. The van der Waals surface area contributed by atoms with Gasteiger partial charge in [-0.2, -0.15) is 31.4 Å². The molecule has 0 saturated carbocycles. The van der Waals surface area contributed by atoms with Crippen molar-refractivity contribution >= 4 is 37.4 Å². The minimum atomic E-state index is -4.60. The van der Waals surface area contributed by atoms with Gasteiger partial charge in [0.2, 0.25) is 5.82 Å². The lowest BCUT2D eigenvalue weighted by atomic mass is 10.1. The van der Waals surface area contributed by atoms with Gasteiger partial charge in [0.15, 0.2) is 5.65 Å². The highest BCUT2D eigenvalue weighted by molar-refractivity contribution is 7.26. The fourth-order valence-electron chi connectivity index (χ4n) is 3.31. The number of aryl methyl sites for hydroxylation is 2. The molecule has 0 bridgehead atoms. The van der Waals surface area contributed by atoms with E-state index in [2.05, 4.69) is 25.1 Å². The Bertz CT molecular complexity index is 1490. The molecule has 0 aromatic carbocycles. The van der Waals surface area contributed by atoms with Crippen LogP contribution in [0.5, 0.6) is 0 Å². The van der Waals surface area contributed by atoms with Crippen LogP contribution in [0, 0.1) is 6.92 Å². The maximum absolute atomic E-state index is 13.1. The van der Waals surface area contributed by atoms with E-state index in [1.165, 1.54) is 17.8 Å². The molecule has 0 spiro atoms. The predicted octanol–water partition coefficient (Wildman–Crippen LogP) is 4.63. The summed E-state index contributed by atoms with van der Waals surface area (Å²) in [5, 5.41) is 8.40. The second-order valence-corrected chi connectivity index (χ2v) is 7.77. The minimum Gasteiger partial charge on any atom is -0.263 e. The second kappa shape index (κ2) is 6.12. The maximum Gasteiger partial charge on any atom is 0.433 e. The SMILES string of the molecule is Cc1cc(C(F)(F)F)nc2sc3c(ncn4nc(-c5cc(C(F)(F)F)n(C)n5)nc34)c12. The van der Waals surface area contributed by atoms with Crippen LogP contribution in [-0.4, -0.2) is 34.3 Å². The van der Waals surface area contributed by atoms with E-state index in [-0.39, 0.29) is 22.0 Å². The normalized spacial score (nSPS) is 13.2. The van der Waals surface area contributed by atoms with E-state index in [9.17, 15) is 26.3 Å². The van der Waals surface area contributed by atoms with Gasteiger partial charge in [-0.3, -0.25) is 4.68 Å². The number of nitrogens with zero attached hydrogens (tertiary/aromatic N) is 7. The molecule has 5 aromatic heterocycles. The summed E-state index contributed by atoms with van der Waals surface area (Å²) < 4.78 is 80.9. The lowest BCUT2D eigenvalue weighted by Crippen LogP contribution is -2.11. The third kappa shape index (κ3) is 3.00. The van der Waals surface area contributed by atoms with E-state index in [1.54, 1.807) is 0 Å². The molecular weight excluding hydrogens is 448 g/mol. The Balaban J connectivity index is 1.73. The number of thiophene rings is 1. The van der Waals surface area contributed by atoms with Gasteiger partial charge in [-0.05, 0) is 24.6 Å². The quantitative estimate of drug-likeness (QED) is 0.343. The van der Waals surface area contributed by atoms with Crippen molar-refractivity contribution in [3.8, 4) is 11.5 Å². The van der Waals surface area contributed by atoms with Crippen molar-refractivity contribution in [2.24, 2.45) is 7.05 Å². The third-order valence-corrected chi connectivity index (χ3v) is 5.72. The Morgan fingerprint density at radius 1 is 0.968 bits per heavy atom. The van der Waals surface area contributed by atoms with E-state index in [4.69, 9.17) is 0 Å². The maximum atomic E-state index is 13.1. The molecule has 0 aliphatic carbocycles. The molecule has 5 aromatic rings. The highest BCUT2D eigenvalue weighted by Crippen LogP contribution is 2.39. The summed E-state index contributed by atoms with van der Waals surface area (Å²) >= 11 is 0.954. The molecule has 5 heterocycles. The molecule has 160 valence electrons. The molecular formula is C17H9F6N7S. The number of hydrogen-bond donors (Lipinski definition) is 0. The summed E-state index contributed by atoms with van der Waals surface area (Å²) in [5.41, 5.74) is -1.11. The Labute approximate surface area is 172 Å². The molecule has 0 atom stereocenters. The van der Waals surface area contributed by atoms with Crippen LogP contribution >= 0.6 is 11.3 Å². The van der Waals surface area contributed by atoms with Gasteiger partial charge in [0.05, 0.1) is 5.52 Å². The molecule has 0 unspecified atom stereocenters. The van der Waals surface area contributed by atoms with Crippen molar-refractivity contribution in [1.29, 1.82) is 0 Å². The average Bonchev–Trinajstić information content (AvgIpc) is 3.33. The van der Waals surface area contributed by atoms with Crippen LogP contribution in [0.3, 0.4) is 0 Å². The highest BCUT2D eigenvalue weighted by atomic mass is 32.1. The molecule has 7 nitrogen and oxygen atoms in total. The Morgan fingerprint density at radius 3 is 2.35 bits per heavy atom. The average molecular weight is 457 g/mol. The molecule has 0 N–H and O–H groups in total. The summed E-state index contributed by atoms with van der Waals surface area (Å²) in [5.74, 6) is -0.0708. The van der Waals surface area contributed by atoms with E-state index in [0.29, 0.717) is 25.8 Å². The van der Waals surface area contributed by atoms with E-state index in [1.807, 2.05) is 0 Å². The van der Waals surface area contributed by atoms with E-state index in [0.717, 1.165) is 30.5 Å². The van der Waals surface area contributed by atoms with Crippen LogP contribution in [-0.2, 0) is 19.4 Å². The van der Waals surface area contributed by atoms with Crippen molar-refractivity contribution in [2.75, 3.05) is 0 Å². The zero-order valence-electron chi connectivity index (χ0n) is 15.5. The fraction of sp³-hybridized carbons (Fsp3) is 0.235. The van der Waals surface area contributed by atoms with E-state index < -0.39 is 23.7 Å². The van der Waals surface area contributed by atoms with Crippen molar-refractivity contribution in [3.05, 3.63) is 35.4 Å². The molecule has 0 radical (unpaired) electrons. The number of fused-ring (bicyclic) bond motifs is 5. The summed E-state index contributed by atoms with van der Waals surface area (Å²) in [6.45, 7) is 1.53. The van der Waals surface area contributed by atoms with Crippen molar-refractivity contribution in [1.82, 2.24) is 34.3 Å². The molecule has 14 heteroatoms. The molecule has 0 aliphatic heterocycles. The van der Waals surface area contributed by atoms with Gasteiger partial charge < -0.3 is 0 Å². The van der Waals surface area contributed by atoms with Crippen molar-refractivity contribution in [3.63, 3.8) is 0 Å². The Morgan fingerprint density at radius 2 is 1.71 bits per heavy atom. The van der Waals surface area contributed by atoms with Crippen molar-refractivity contribution in [2.45, 2.75) is 19.3 Å². The first-order valence-corrected chi connectivity index (χ1v) is 9.39. The summed E-state index contributed by atoms with van der Waals surface area (Å²) in [4.78, 5) is 12.4. The van der Waals surface area contributed by atoms with Crippen LogP contribution in [0.15, 0.2) is 18.5 Å². The topological polar surface area (TPSA) is 73.8 Å². The predicted molar refractivity (Wildman–Crippen MR) is 98.4 cm³/mol. The van der Waals surface area contributed by atoms with Crippen LogP contribution < -0.4 is 0 Å². The third-order valence-electron chi connectivity index (χ3n) is 4.65. The lowest BCUT2D eigenvalue weighted by molar-refractivity contribution is -0.143. The summed E-state index contributed by atoms with van der Waals surface area (Å²) in [6.07, 6.45) is -7.90. The molecule has 0 amide bonds. The van der Waals surface area contributed by atoms with Gasteiger partial charge in [-0.1, -0.05) is 0 Å². The van der Waals surface area contributed by atoms with Crippen LogP contribution in [0.25, 0.3) is 37.6 Å². The zero-order valence-corrected chi connectivity index (χ0v) is 16.4. The summed E-state index contributed by atoms with van der Waals surface area (Å²) in [6, 6.07) is 1.77. The number of pyridine rings is 1. The van der Waals surface area contributed by atoms with E-state index >= 15 is 0 Å². The van der Waals surface area contributed by atoms with Gasteiger partial charge in [0.1, 0.15) is 32.9 Å². The monoisotopic (exact) mass is 457 g/mol. The molecule has 0 aliphatic rings.